The van der Waals surface area contributed by atoms with Crippen molar-refractivity contribution in [2.45, 2.75) is 37.8 Å². The van der Waals surface area contributed by atoms with Gasteiger partial charge in [-0.3, -0.25) is 9.67 Å². The average Bonchev–Trinajstić information content (AvgIpc) is 3.11. The van der Waals surface area contributed by atoms with Crippen LogP contribution < -0.4 is 5.32 Å². The number of halogens is 1. The van der Waals surface area contributed by atoms with Gasteiger partial charge in [0.05, 0.1) is 24.0 Å². The first-order valence-electron chi connectivity index (χ1n) is 9.87. The first-order chi connectivity index (χ1) is 13.4. The highest BCUT2D eigenvalue weighted by atomic mass is 127. The zero-order valence-corrected chi connectivity index (χ0v) is 18.2. The van der Waals surface area contributed by atoms with Crippen LogP contribution >= 0.6 is 24.0 Å². The van der Waals surface area contributed by atoms with Crippen molar-refractivity contribution in [2.24, 2.45) is 4.99 Å². The summed E-state index contributed by atoms with van der Waals surface area (Å²) >= 11 is 0. The zero-order valence-electron chi connectivity index (χ0n) is 15.8. The number of rotatable bonds is 5. The lowest BCUT2D eigenvalue weighted by atomic mass is 10.2. The summed E-state index contributed by atoms with van der Waals surface area (Å²) in [6, 6.07) is 13.4. The van der Waals surface area contributed by atoms with Gasteiger partial charge in [-0.05, 0) is 37.5 Å². The van der Waals surface area contributed by atoms with Crippen LogP contribution in [0.25, 0.3) is 10.9 Å². The summed E-state index contributed by atoms with van der Waals surface area (Å²) in [6.07, 6.45) is 8.12. The van der Waals surface area contributed by atoms with Gasteiger partial charge in [-0.1, -0.05) is 18.2 Å². The second kappa shape index (κ2) is 8.55. The summed E-state index contributed by atoms with van der Waals surface area (Å²) < 4.78 is 7.61. The molecule has 1 aliphatic carbocycles. The lowest BCUT2D eigenvalue weighted by molar-refractivity contribution is 0.438. The molecule has 1 unspecified atom stereocenters. The minimum Gasteiger partial charge on any atom is -0.469 e. The molecule has 0 amide bonds. The molecule has 0 spiro atoms. The second-order valence-electron chi connectivity index (χ2n) is 7.49. The van der Waals surface area contributed by atoms with E-state index in [9.17, 15) is 0 Å². The highest BCUT2D eigenvalue weighted by molar-refractivity contribution is 14.0. The molecule has 2 aromatic heterocycles. The molecule has 2 aliphatic rings. The molecule has 2 fully saturated rings. The molecule has 5 rings (SSSR count). The number of nitrogens with one attached hydrogen (secondary N) is 1. The van der Waals surface area contributed by atoms with Crippen molar-refractivity contribution in [2.75, 3.05) is 19.6 Å². The van der Waals surface area contributed by atoms with Crippen LogP contribution in [0.15, 0.2) is 58.3 Å². The Labute approximate surface area is 182 Å². The number of nitrogens with zero attached hydrogens (tertiary/aromatic N) is 4. The van der Waals surface area contributed by atoms with Gasteiger partial charge in [-0.2, -0.15) is 5.10 Å². The van der Waals surface area contributed by atoms with Gasteiger partial charge in [0, 0.05) is 37.5 Å². The van der Waals surface area contributed by atoms with Crippen molar-refractivity contribution in [3.63, 3.8) is 0 Å². The summed E-state index contributed by atoms with van der Waals surface area (Å²) in [7, 11) is 0. The lowest BCUT2D eigenvalue weighted by Crippen LogP contribution is -2.41. The quantitative estimate of drug-likeness (QED) is 0.335. The van der Waals surface area contributed by atoms with Gasteiger partial charge in [-0.25, -0.2) is 0 Å². The number of aromatic nitrogens is 2. The number of guanidine groups is 1. The molecule has 1 saturated carbocycles. The molecule has 28 heavy (non-hydrogen) atoms. The van der Waals surface area contributed by atoms with E-state index < -0.39 is 0 Å². The van der Waals surface area contributed by atoms with Crippen LogP contribution in [0, 0.1) is 0 Å². The Kier molecular flexibility index (Phi) is 5.89. The maximum Gasteiger partial charge on any atom is 0.194 e. The molecule has 1 atom stereocenters. The summed E-state index contributed by atoms with van der Waals surface area (Å²) in [5, 5.41) is 9.50. The first kappa shape index (κ1) is 19.3. The fourth-order valence-electron chi connectivity index (χ4n) is 3.79. The largest absolute Gasteiger partial charge is 0.469 e. The predicted molar refractivity (Wildman–Crippen MR) is 121 cm³/mol. The number of fused-ring (bicyclic) bond motifs is 1. The zero-order chi connectivity index (χ0) is 18.1. The van der Waals surface area contributed by atoms with Crippen molar-refractivity contribution < 1.29 is 4.42 Å². The van der Waals surface area contributed by atoms with E-state index in [0.717, 1.165) is 44.2 Å². The number of benzene rings is 1. The minimum absolute atomic E-state index is 0. The van der Waals surface area contributed by atoms with Gasteiger partial charge in [0.15, 0.2) is 5.96 Å². The Morgan fingerprint density at radius 3 is 2.89 bits per heavy atom. The molecule has 0 radical (unpaired) electrons. The van der Waals surface area contributed by atoms with Crippen LogP contribution in [0.3, 0.4) is 0 Å². The Bertz CT molecular complexity index is 931. The maximum absolute atomic E-state index is 5.43. The molecule has 6 nitrogen and oxygen atoms in total. The van der Waals surface area contributed by atoms with Crippen LogP contribution in [0.2, 0.25) is 0 Å². The number of hydrogen-bond donors (Lipinski definition) is 1. The van der Waals surface area contributed by atoms with Crippen LogP contribution in [0.4, 0.5) is 0 Å². The first-order valence-corrected chi connectivity index (χ1v) is 9.87. The fraction of sp³-hybridized carbons (Fsp3) is 0.429. The third-order valence-electron chi connectivity index (χ3n) is 5.42. The molecule has 1 saturated heterocycles. The maximum atomic E-state index is 5.43. The smallest absolute Gasteiger partial charge is 0.194 e. The topological polar surface area (TPSA) is 58.6 Å². The van der Waals surface area contributed by atoms with Crippen molar-refractivity contribution >= 4 is 40.8 Å². The predicted octanol–water partition coefficient (Wildman–Crippen LogP) is 3.84. The molecule has 7 heteroatoms. The SMILES string of the molecule is I.c1coc(CCN=C(NC2CC2)N2CCC(n3ncc4ccccc43)C2)c1. The summed E-state index contributed by atoms with van der Waals surface area (Å²) in [5.74, 6) is 2.04. The molecular formula is C21H26IN5O. The standard InChI is InChI=1S/C21H25N5O.HI/c1-2-6-20-16(4-1)14-23-26(20)18-10-12-25(15-18)21(24-17-7-8-17)22-11-9-19-5-3-13-27-19;/h1-6,13-14,17-18H,7-12,15H2,(H,22,24);1H. The van der Waals surface area contributed by atoms with E-state index in [2.05, 4.69) is 44.3 Å². The van der Waals surface area contributed by atoms with Crippen molar-refractivity contribution in [3.8, 4) is 0 Å². The van der Waals surface area contributed by atoms with E-state index in [1.807, 2.05) is 18.3 Å². The van der Waals surface area contributed by atoms with E-state index in [1.54, 1.807) is 6.26 Å². The highest BCUT2D eigenvalue weighted by Gasteiger charge is 2.30. The number of likely N-dealkylation sites (tertiary alicyclic amines) is 1. The Morgan fingerprint density at radius 2 is 2.07 bits per heavy atom. The summed E-state index contributed by atoms with van der Waals surface area (Å²) in [6.45, 7) is 2.71. The van der Waals surface area contributed by atoms with Crippen LogP contribution in [-0.2, 0) is 6.42 Å². The molecule has 148 valence electrons. The fourth-order valence-corrected chi connectivity index (χ4v) is 3.79. The highest BCUT2D eigenvalue weighted by Crippen LogP contribution is 2.26. The van der Waals surface area contributed by atoms with Crippen LogP contribution in [-0.4, -0.2) is 46.3 Å². The van der Waals surface area contributed by atoms with Gasteiger partial charge in [-0.15, -0.1) is 24.0 Å². The van der Waals surface area contributed by atoms with Crippen molar-refractivity contribution in [1.29, 1.82) is 0 Å². The number of furan rings is 1. The minimum atomic E-state index is 0. The van der Waals surface area contributed by atoms with Crippen LogP contribution in [0.1, 0.15) is 31.1 Å². The third kappa shape index (κ3) is 4.19. The molecule has 1 aromatic carbocycles. The number of para-hydroxylation sites is 1. The van der Waals surface area contributed by atoms with Gasteiger partial charge < -0.3 is 14.6 Å². The summed E-state index contributed by atoms with van der Waals surface area (Å²) in [5.41, 5.74) is 1.22. The normalized spacial score (nSPS) is 19.8. The lowest BCUT2D eigenvalue weighted by Gasteiger charge is -2.22. The third-order valence-corrected chi connectivity index (χ3v) is 5.42. The van der Waals surface area contributed by atoms with E-state index in [0.29, 0.717) is 12.1 Å². The van der Waals surface area contributed by atoms with Crippen molar-refractivity contribution in [3.05, 3.63) is 54.6 Å². The average molecular weight is 491 g/mol. The van der Waals surface area contributed by atoms with Gasteiger partial charge >= 0.3 is 0 Å². The van der Waals surface area contributed by atoms with Gasteiger partial charge in [0.1, 0.15) is 5.76 Å². The van der Waals surface area contributed by atoms with E-state index >= 15 is 0 Å². The van der Waals surface area contributed by atoms with E-state index in [-0.39, 0.29) is 24.0 Å². The molecule has 1 aliphatic heterocycles. The number of hydrogen-bond acceptors (Lipinski definition) is 3. The van der Waals surface area contributed by atoms with E-state index in [1.165, 1.54) is 23.7 Å². The number of aliphatic imine (C=N–C) groups is 1. The molecule has 3 heterocycles. The molecule has 3 aromatic rings. The monoisotopic (exact) mass is 491 g/mol. The summed E-state index contributed by atoms with van der Waals surface area (Å²) in [4.78, 5) is 7.27. The molecular weight excluding hydrogens is 465 g/mol. The Hall–Kier alpha value is -2.03. The molecule has 1 N–H and O–H groups in total. The van der Waals surface area contributed by atoms with Crippen molar-refractivity contribution in [1.82, 2.24) is 20.0 Å². The Balaban J connectivity index is 0.00000192. The van der Waals surface area contributed by atoms with E-state index in [4.69, 9.17) is 9.41 Å². The Morgan fingerprint density at radius 1 is 1.18 bits per heavy atom. The van der Waals surface area contributed by atoms with Gasteiger partial charge in [0.25, 0.3) is 0 Å². The van der Waals surface area contributed by atoms with Gasteiger partial charge in [0.2, 0.25) is 0 Å². The van der Waals surface area contributed by atoms with Crippen LogP contribution in [0.5, 0.6) is 0 Å². The molecule has 0 bridgehead atoms. The second-order valence-corrected chi connectivity index (χ2v) is 7.49.